The number of hydrogen-bond donors (Lipinski definition) is 0. The van der Waals surface area contributed by atoms with Gasteiger partial charge in [-0.1, -0.05) is 47.7 Å². The lowest BCUT2D eigenvalue weighted by atomic mass is 9.84. The lowest BCUT2D eigenvalue weighted by Crippen LogP contribution is -2.31. The zero-order valence-electron chi connectivity index (χ0n) is 12.8. The van der Waals surface area contributed by atoms with Crippen LogP contribution in [0.4, 0.5) is 0 Å². The number of benzene rings is 2. The fourth-order valence-corrected chi connectivity index (χ4v) is 6.32. The fourth-order valence-electron chi connectivity index (χ4n) is 3.61. The number of hydrogen-bond acceptors (Lipinski definition) is 4. The zero-order chi connectivity index (χ0) is 16.1. The van der Waals surface area contributed by atoms with Crippen LogP contribution >= 0.6 is 23.1 Å². The monoisotopic (exact) mass is 353 g/mol. The molecule has 1 aromatic heterocycles. The number of rotatable bonds is 1. The summed E-state index contributed by atoms with van der Waals surface area (Å²) >= 11 is 3.18. The molecule has 2 aliphatic rings. The maximum absolute atomic E-state index is 12.7. The molecule has 0 bridgehead atoms. The molecule has 0 fully saturated rings. The number of thioether (sulfide) groups is 1. The molecule has 0 unspecified atom stereocenters. The van der Waals surface area contributed by atoms with E-state index in [9.17, 15) is 4.79 Å². The number of ether oxygens (including phenoxy) is 1. The molecule has 3 heterocycles. The molecule has 0 amide bonds. The molecule has 2 aliphatic heterocycles. The summed E-state index contributed by atoms with van der Waals surface area (Å²) in [5.74, 6) is 2.65. The van der Waals surface area contributed by atoms with E-state index < -0.39 is 0 Å². The van der Waals surface area contributed by atoms with Crippen LogP contribution in [0.25, 0.3) is 5.69 Å². The summed E-state index contributed by atoms with van der Waals surface area (Å²) < 4.78 is 7.81. The van der Waals surface area contributed by atoms with Gasteiger partial charge in [0, 0.05) is 28.0 Å². The van der Waals surface area contributed by atoms with E-state index >= 15 is 0 Å². The quantitative estimate of drug-likeness (QED) is 0.659. The van der Waals surface area contributed by atoms with E-state index in [2.05, 4.69) is 12.1 Å². The van der Waals surface area contributed by atoms with Gasteiger partial charge in [0.1, 0.15) is 5.75 Å². The van der Waals surface area contributed by atoms with Crippen LogP contribution in [0, 0.1) is 5.92 Å². The van der Waals surface area contributed by atoms with Gasteiger partial charge in [0.05, 0.1) is 17.3 Å². The van der Waals surface area contributed by atoms with Crippen molar-refractivity contribution in [3.63, 3.8) is 0 Å². The van der Waals surface area contributed by atoms with Crippen LogP contribution in [0.2, 0.25) is 0 Å². The fraction of sp³-hybridized carbons (Fsp3) is 0.211. The smallest absolute Gasteiger partial charge is 0.312 e. The SMILES string of the molecule is O=c1sc2c(n1-c1ccccc1)SC[C@H]1COc3ccccc3[C@@H]21. The van der Waals surface area contributed by atoms with E-state index in [-0.39, 0.29) is 10.8 Å². The highest BCUT2D eigenvalue weighted by molar-refractivity contribution is 7.99. The number of aromatic nitrogens is 1. The highest BCUT2D eigenvalue weighted by Crippen LogP contribution is 2.50. The first-order valence-corrected chi connectivity index (χ1v) is 9.79. The summed E-state index contributed by atoms with van der Waals surface area (Å²) in [5.41, 5.74) is 2.17. The molecule has 120 valence electrons. The Bertz CT molecular complexity index is 961. The Labute approximate surface area is 147 Å². The molecule has 5 rings (SSSR count). The molecule has 0 N–H and O–H groups in total. The van der Waals surface area contributed by atoms with Crippen LogP contribution < -0.4 is 9.61 Å². The molecule has 3 nitrogen and oxygen atoms in total. The summed E-state index contributed by atoms with van der Waals surface area (Å²) in [6.45, 7) is 0.728. The molecule has 3 aromatic rings. The Kier molecular flexibility index (Phi) is 3.31. The van der Waals surface area contributed by atoms with Gasteiger partial charge in [-0.2, -0.15) is 0 Å². The van der Waals surface area contributed by atoms with Crippen molar-refractivity contribution in [1.82, 2.24) is 4.57 Å². The Balaban J connectivity index is 1.72. The minimum Gasteiger partial charge on any atom is -0.493 e. The van der Waals surface area contributed by atoms with Crippen molar-refractivity contribution < 1.29 is 4.74 Å². The first-order valence-electron chi connectivity index (χ1n) is 7.98. The molecular formula is C19H15NO2S2. The van der Waals surface area contributed by atoms with E-state index in [1.54, 1.807) is 11.8 Å². The minimum absolute atomic E-state index is 0.100. The Morgan fingerprint density at radius 3 is 2.71 bits per heavy atom. The van der Waals surface area contributed by atoms with Crippen LogP contribution in [0.3, 0.4) is 0 Å². The predicted molar refractivity (Wildman–Crippen MR) is 97.9 cm³/mol. The van der Waals surface area contributed by atoms with Crippen molar-refractivity contribution in [3.8, 4) is 11.4 Å². The van der Waals surface area contributed by atoms with E-state index in [0.29, 0.717) is 5.92 Å². The Morgan fingerprint density at radius 1 is 1.04 bits per heavy atom. The second-order valence-corrected chi connectivity index (χ2v) is 8.11. The number of thiazole rings is 1. The topological polar surface area (TPSA) is 31.2 Å². The van der Waals surface area contributed by atoms with Crippen molar-refractivity contribution in [3.05, 3.63) is 74.7 Å². The lowest BCUT2D eigenvalue weighted by Gasteiger charge is -2.36. The molecule has 0 radical (unpaired) electrons. The third-order valence-corrected chi connectivity index (χ3v) is 7.13. The summed E-state index contributed by atoms with van der Waals surface area (Å²) in [7, 11) is 0. The highest BCUT2D eigenvalue weighted by Gasteiger charge is 2.39. The average molecular weight is 353 g/mol. The first-order chi connectivity index (χ1) is 11.8. The third-order valence-electron chi connectivity index (χ3n) is 4.70. The number of para-hydroxylation sites is 2. The van der Waals surface area contributed by atoms with Crippen LogP contribution in [-0.4, -0.2) is 16.9 Å². The van der Waals surface area contributed by atoms with E-state index in [1.807, 2.05) is 47.0 Å². The van der Waals surface area contributed by atoms with Gasteiger partial charge in [-0.25, -0.2) is 0 Å². The van der Waals surface area contributed by atoms with Crippen molar-refractivity contribution >= 4 is 23.1 Å². The highest BCUT2D eigenvalue weighted by atomic mass is 32.2. The molecule has 0 saturated carbocycles. The van der Waals surface area contributed by atoms with Gasteiger partial charge in [0.15, 0.2) is 0 Å². The predicted octanol–water partition coefficient (Wildman–Crippen LogP) is 4.15. The Hall–Kier alpha value is -1.98. The molecule has 5 heteroatoms. The molecule has 2 atom stereocenters. The molecule has 2 aromatic carbocycles. The normalized spacial score (nSPS) is 21.3. The van der Waals surface area contributed by atoms with Gasteiger partial charge in [-0.3, -0.25) is 9.36 Å². The summed E-state index contributed by atoms with van der Waals surface area (Å²) in [4.78, 5) is 14.0. The number of fused-ring (bicyclic) bond motifs is 5. The van der Waals surface area contributed by atoms with Gasteiger partial charge >= 0.3 is 4.87 Å². The largest absolute Gasteiger partial charge is 0.493 e. The van der Waals surface area contributed by atoms with Crippen LogP contribution in [0.15, 0.2) is 64.4 Å². The molecule has 0 spiro atoms. The zero-order valence-corrected chi connectivity index (χ0v) is 14.5. The van der Waals surface area contributed by atoms with Gasteiger partial charge in [0.25, 0.3) is 0 Å². The van der Waals surface area contributed by atoms with Crippen LogP contribution in [0.5, 0.6) is 5.75 Å². The van der Waals surface area contributed by atoms with Crippen molar-refractivity contribution in [2.24, 2.45) is 5.92 Å². The molecule has 0 aliphatic carbocycles. The summed E-state index contributed by atoms with van der Waals surface area (Å²) in [5, 5.41) is 1.11. The standard InChI is InChI=1S/C19H15NO2S2/c21-19-20(13-6-2-1-3-7-13)18-17(24-19)16-12(11-23-18)10-22-15-9-5-4-8-14(15)16/h1-9,12,16H,10-11H2/t12-,16+/m1/s1. The second kappa shape index (κ2) is 5.53. The average Bonchev–Trinajstić information content (AvgIpc) is 2.98. The maximum atomic E-state index is 12.7. The van der Waals surface area contributed by atoms with E-state index in [4.69, 9.17) is 4.74 Å². The van der Waals surface area contributed by atoms with Crippen molar-refractivity contribution in [2.45, 2.75) is 10.9 Å². The van der Waals surface area contributed by atoms with Gasteiger partial charge in [-0.05, 0) is 18.2 Å². The molecule has 0 saturated heterocycles. The lowest BCUT2D eigenvalue weighted by molar-refractivity contribution is 0.219. The third kappa shape index (κ3) is 2.08. The van der Waals surface area contributed by atoms with Crippen LogP contribution in [0.1, 0.15) is 16.4 Å². The van der Waals surface area contributed by atoms with Crippen molar-refractivity contribution in [2.75, 3.05) is 12.4 Å². The molecule has 24 heavy (non-hydrogen) atoms. The van der Waals surface area contributed by atoms with E-state index in [1.165, 1.54) is 21.8 Å². The van der Waals surface area contributed by atoms with Gasteiger partial charge in [0.2, 0.25) is 0 Å². The minimum atomic E-state index is 0.100. The summed E-state index contributed by atoms with van der Waals surface area (Å²) in [6, 6.07) is 18.2. The number of nitrogens with zero attached hydrogens (tertiary/aromatic N) is 1. The Morgan fingerprint density at radius 2 is 1.83 bits per heavy atom. The van der Waals surface area contributed by atoms with Gasteiger partial charge in [-0.15, -0.1) is 11.8 Å². The maximum Gasteiger partial charge on any atom is 0.312 e. The second-order valence-electron chi connectivity index (χ2n) is 6.11. The van der Waals surface area contributed by atoms with E-state index in [0.717, 1.165) is 28.8 Å². The first kappa shape index (κ1) is 14.4. The summed E-state index contributed by atoms with van der Waals surface area (Å²) in [6.07, 6.45) is 0. The van der Waals surface area contributed by atoms with Crippen LogP contribution in [-0.2, 0) is 0 Å². The van der Waals surface area contributed by atoms with Gasteiger partial charge < -0.3 is 4.74 Å². The molecular weight excluding hydrogens is 338 g/mol. The van der Waals surface area contributed by atoms with Crippen molar-refractivity contribution in [1.29, 1.82) is 0 Å².